The fraction of sp³-hybridized carbons (Fsp3) is 0.643. The van der Waals surface area contributed by atoms with Crippen molar-refractivity contribution in [3.8, 4) is 0 Å². The Morgan fingerprint density at radius 3 is 2.80 bits per heavy atom. The normalized spacial score (nSPS) is 21.9. The van der Waals surface area contributed by atoms with Crippen molar-refractivity contribution < 1.29 is 4.79 Å². The molecule has 2 N–H and O–H groups in total. The van der Waals surface area contributed by atoms with E-state index in [0.29, 0.717) is 12.1 Å². The zero-order valence-corrected chi connectivity index (χ0v) is 13.1. The van der Waals surface area contributed by atoms with Crippen molar-refractivity contribution in [2.45, 2.75) is 33.1 Å². The van der Waals surface area contributed by atoms with Crippen LogP contribution in [0.3, 0.4) is 0 Å². The van der Waals surface area contributed by atoms with Gasteiger partial charge in [-0.2, -0.15) is 0 Å². The number of hydrogen-bond acceptors (Lipinski definition) is 4. The first-order chi connectivity index (χ1) is 8.97. The van der Waals surface area contributed by atoms with Gasteiger partial charge in [-0.25, -0.2) is 9.97 Å². The summed E-state index contributed by atoms with van der Waals surface area (Å²) >= 11 is 0. The first kappa shape index (κ1) is 16.9. The second-order valence-electron chi connectivity index (χ2n) is 5.97. The van der Waals surface area contributed by atoms with Crippen LogP contribution < -0.4 is 5.73 Å². The molecule has 1 saturated heterocycles. The average Bonchev–Trinajstić information content (AvgIpc) is 2.81. The molecule has 0 spiro atoms. The van der Waals surface area contributed by atoms with Crippen LogP contribution in [0, 0.1) is 5.41 Å². The minimum atomic E-state index is 0. The summed E-state index contributed by atoms with van der Waals surface area (Å²) in [5, 5.41) is 0. The van der Waals surface area contributed by atoms with Crippen LogP contribution in [0.4, 0.5) is 0 Å². The van der Waals surface area contributed by atoms with E-state index in [1.54, 1.807) is 6.20 Å². The zero-order chi connectivity index (χ0) is 14.0. The summed E-state index contributed by atoms with van der Waals surface area (Å²) in [6.07, 6.45) is 4.09. The Hall–Kier alpha value is -1.20. The van der Waals surface area contributed by atoms with Gasteiger partial charge in [-0.05, 0) is 24.3 Å². The average molecular weight is 299 g/mol. The quantitative estimate of drug-likeness (QED) is 0.924. The minimum absolute atomic E-state index is 0. The van der Waals surface area contributed by atoms with Crippen LogP contribution in [0.25, 0.3) is 0 Å². The number of nitrogens with two attached hydrogens (primary N) is 1. The van der Waals surface area contributed by atoms with Crippen molar-refractivity contribution in [1.82, 2.24) is 14.9 Å². The van der Waals surface area contributed by atoms with E-state index in [2.05, 4.69) is 16.9 Å². The number of rotatable bonds is 3. The Morgan fingerprint density at radius 1 is 1.55 bits per heavy atom. The Labute approximate surface area is 126 Å². The Bertz CT molecular complexity index is 480. The fourth-order valence-corrected chi connectivity index (χ4v) is 2.50. The summed E-state index contributed by atoms with van der Waals surface area (Å²) in [4.78, 5) is 22.7. The molecule has 112 valence electrons. The maximum absolute atomic E-state index is 12.6. The van der Waals surface area contributed by atoms with Crippen LogP contribution in [-0.4, -0.2) is 40.4 Å². The molecule has 6 heteroatoms. The maximum Gasteiger partial charge on any atom is 0.257 e. The van der Waals surface area contributed by atoms with E-state index in [0.717, 1.165) is 25.2 Å². The number of hydrogen-bond donors (Lipinski definition) is 1. The lowest BCUT2D eigenvalue weighted by Crippen LogP contribution is -2.35. The molecule has 1 aromatic heterocycles. The molecule has 0 aliphatic carbocycles. The van der Waals surface area contributed by atoms with E-state index in [9.17, 15) is 4.79 Å². The molecule has 1 fully saturated rings. The first-order valence-electron chi connectivity index (χ1n) is 6.76. The Kier molecular flexibility index (Phi) is 5.48. The van der Waals surface area contributed by atoms with Crippen molar-refractivity contribution in [3.63, 3.8) is 0 Å². The van der Waals surface area contributed by atoms with Gasteiger partial charge < -0.3 is 10.6 Å². The SMILES string of the molecule is CC(C)c1ncncc1C(=O)N1CCC(C)(CN)C1.Cl. The highest BCUT2D eigenvalue weighted by Gasteiger charge is 2.36. The largest absolute Gasteiger partial charge is 0.338 e. The van der Waals surface area contributed by atoms with Gasteiger partial charge in [0.25, 0.3) is 5.91 Å². The molecule has 0 saturated carbocycles. The molecule has 5 nitrogen and oxygen atoms in total. The van der Waals surface area contributed by atoms with Crippen LogP contribution in [0.2, 0.25) is 0 Å². The van der Waals surface area contributed by atoms with Crippen LogP contribution in [0.15, 0.2) is 12.5 Å². The summed E-state index contributed by atoms with van der Waals surface area (Å²) in [7, 11) is 0. The highest BCUT2D eigenvalue weighted by molar-refractivity contribution is 5.95. The van der Waals surface area contributed by atoms with Crippen molar-refractivity contribution in [1.29, 1.82) is 0 Å². The van der Waals surface area contributed by atoms with Crippen molar-refractivity contribution in [3.05, 3.63) is 23.8 Å². The van der Waals surface area contributed by atoms with Gasteiger partial charge in [-0.15, -0.1) is 12.4 Å². The molecule has 1 aliphatic rings. The van der Waals surface area contributed by atoms with Crippen LogP contribution in [-0.2, 0) is 0 Å². The molecular weight excluding hydrogens is 276 g/mol. The Morgan fingerprint density at radius 2 is 2.25 bits per heavy atom. The molecule has 2 heterocycles. The van der Waals surface area contributed by atoms with E-state index >= 15 is 0 Å². The van der Waals surface area contributed by atoms with E-state index in [-0.39, 0.29) is 29.6 Å². The van der Waals surface area contributed by atoms with E-state index in [1.807, 2.05) is 18.7 Å². The van der Waals surface area contributed by atoms with E-state index in [4.69, 9.17) is 5.73 Å². The summed E-state index contributed by atoms with van der Waals surface area (Å²) in [5.74, 6) is 0.243. The maximum atomic E-state index is 12.6. The molecule has 20 heavy (non-hydrogen) atoms. The molecule has 2 rings (SSSR count). The zero-order valence-electron chi connectivity index (χ0n) is 12.3. The highest BCUT2D eigenvalue weighted by Crippen LogP contribution is 2.30. The van der Waals surface area contributed by atoms with Gasteiger partial charge in [0.05, 0.1) is 11.3 Å². The number of carbonyl (C=O) groups is 1. The molecular formula is C14H23ClN4O. The molecule has 1 atom stereocenters. The number of carbonyl (C=O) groups excluding carboxylic acids is 1. The van der Waals surface area contributed by atoms with Gasteiger partial charge in [-0.3, -0.25) is 4.79 Å². The number of halogens is 1. The molecule has 0 bridgehead atoms. The lowest BCUT2D eigenvalue weighted by atomic mass is 9.90. The monoisotopic (exact) mass is 298 g/mol. The molecule has 1 amide bonds. The number of likely N-dealkylation sites (tertiary alicyclic amines) is 1. The third-order valence-corrected chi connectivity index (χ3v) is 3.86. The summed E-state index contributed by atoms with van der Waals surface area (Å²) in [5.41, 5.74) is 7.27. The molecule has 0 radical (unpaired) electrons. The Balaban J connectivity index is 0.00000200. The molecule has 1 unspecified atom stereocenters. The highest BCUT2D eigenvalue weighted by atomic mass is 35.5. The standard InChI is InChI=1S/C14H22N4O.ClH/c1-10(2)12-11(6-16-9-17-12)13(19)18-5-4-14(3,7-15)8-18;/h6,9-10H,4-5,7-8,15H2,1-3H3;1H. The van der Waals surface area contributed by atoms with Crippen LogP contribution in [0.1, 0.15) is 49.2 Å². The number of aromatic nitrogens is 2. The van der Waals surface area contributed by atoms with Gasteiger partial charge in [0.2, 0.25) is 0 Å². The summed E-state index contributed by atoms with van der Waals surface area (Å²) in [6, 6.07) is 0. The second-order valence-corrected chi connectivity index (χ2v) is 5.97. The third kappa shape index (κ3) is 3.27. The third-order valence-electron chi connectivity index (χ3n) is 3.86. The number of amides is 1. The van der Waals surface area contributed by atoms with Crippen LogP contribution >= 0.6 is 12.4 Å². The fourth-order valence-electron chi connectivity index (χ4n) is 2.50. The molecule has 1 aliphatic heterocycles. The lowest BCUT2D eigenvalue weighted by Gasteiger charge is -2.23. The second kappa shape index (κ2) is 6.50. The van der Waals surface area contributed by atoms with Gasteiger partial charge in [0, 0.05) is 19.3 Å². The van der Waals surface area contributed by atoms with Gasteiger partial charge in [0.15, 0.2) is 0 Å². The minimum Gasteiger partial charge on any atom is -0.338 e. The van der Waals surface area contributed by atoms with Crippen molar-refractivity contribution in [2.24, 2.45) is 11.1 Å². The number of nitrogens with zero attached hydrogens (tertiary/aromatic N) is 3. The molecule has 1 aromatic rings. The van der Waals surface area contributed by atoms with E-state index in [1.165, 1.54) is 6.33 Å². The molecule has 0 aromatic carbocycles. The van der Waals surface area contributed by atoms with Gasteiger partial charge in [-0.1, -0.05) is 20.8 Å². The summed E-state index contributed by atoms with van der Waals surface area (Å²) in [6.45, 7) is 8.29. The lowest BCUT2D eigenvalue weighted by molar-refractivity contribution is 0.0774. The van der Waals surface area contributed by atoms with Crippen LogP contribution in [0.5, 0.6) is 0 Å². The predicted molar refractivity (Wildman–Crippen MR) is 81.1 cm³/mol. The van der Waals surface area contributed by atoms with Crippen molar-refractivity contribution in [2.75, 3.05) is 19.6 Å². The summed E-state index contributed by atoms with van der Waals surface area (Å²) < 4.78 is 0. The first-order valence-corrected chi connectivity index (χ1v) is 6.76. The smallest absolute Gasteiger partial charge is 0.257 e. The topological polar surface area (TPSA) is 72.1 Å². The van der Waals surface area contributed by atoms with Crippen molar-refractivity contribution >= 4 is 18.3 Å². The van der Waals surface area contributed by atoms with Gasteiger partial charge in [0.1, 0.15) is 6.33 Å². The predicted octanol–water partition coefficient (Wildman–Crippen LogP) is 1.83. The van der Waals surface area contributed by atoms with E-state index < -0.39 is 0 Å². The van der Waals surface area contributed by atoms with Gasteiger partial charge >= 0.3 is 0 Å².